The van der Waals surface area contributed by atoms with Crippen molar-refractivity contribution in [3.8, 4) is 0 Å². The Morgan fingerprint density at radius 3 is 2.13 bits per heavy atom. The molecule has 0 saturated carbocycles. The number of hydrogen-bond acceptors (Lipinski definition) is 4. The molecule has 0 unspecified atom stereocenters. The second kappa shape index (κ2) is 12.9. The molecule has 0 fully saturated rings. The molecule has 0 bridgehead atoms. The van der Waals surface area contributed by atoms with Crippen LogP contribution in [0.25, 0.3) is 0 Å². The van der Waals surface area contributed by atoms with Crippen molar-refractivity contribution in [2.75, 3.05) is 10.8 Å². The highest BCUT2D eigenvalue weighted by molar-refractivity contribution is 7.92. The summed E-state index contributed by atoms with van der Waals surface area (Å²) in [6, 6.07) is 21.2. The van der Waals surface area contributed by atoms with Gasteiger partial charge in [0.15, 0.2) is 0 Å². The van der Waals surface area contributed by atoms with E-state index in [0.29, 0.717) is 16.3 Å². The number of rotatable bonds is 11. The third-order valence-corrected chi connectivity index (χ3v) is 8.41. The average Bonchev–Trinajstić information content (AvgIpc) is 2.91. The number of hydrogen-bond donors (Lipinski definition) is 1. The van der Waals surface area contributed by atoms with Gasteiger partial charge in [-0.25, -0.2) is 8.42 Å². The number of carbonyl (C=O) groups is 2. The van der Waals surface area contributed by atoms with Gasteiger partial charge in [0.1, 0.15) is 12.6 Å². The molecule has 3 aromatic carbocycles. The van der Waals surface area contributed by atoms with Gasteiger partial charge in [-0.2, -0.15) is 0 Å². The lowest BCUT2D eigenvalue weighted by Gasteiger charge is -2.33. The molecule has 0 aromatic heterocycles. The summed E-state index contributed by atoms with van der Waals surface area (Å²) in [7, 11) is -4.12. The van der Waals surface area contributed by atoms with Crippen molar-refractivity contribution in [1.82, 2.24) is 10.2 Å². The van der Waals surface area contributed by atoms with Crippen molar-refractivity contribution in [2.24, 2.45) is 0 Å². The highest BCUT2D eigenvalue weighted by Crippen LogP contribution is 2.29. The third kappa shape index (κ3) is 7.14. The summed E-state index contributed by atoms with van der Waals surface area (Å²) in [4.78, 5) is 28.4. The average molecular weight is 556 g/mol. The monoisotopic (exact) mass is 555 g/mol. The van der Waals surface area contributed by atoms with E-state index in [2.05, 4.69) is 5.32 Å². The molecule has 3 aromatic rings. The van der Waals surface area contributed by atoms with Crippen LogP contribution in [0.5, 0.6) is 0 Å². The third-order valence-electron chi connectivity index (χ3n) is 6.40. The molecule has 38 heavy (non-hydrogen) atoms. The van der Waals surface area contributed by atoms with Gasteiger partial charge in [-0.3, -0.25) is 13.9 Å². The van der Waals surface area contributed by atoms with Crippen LogP contribution in [0.1, 0.15) is 38.3 Å². The second-order valence-electron chi connectivity index (χ2n) is 9.26. The van der Waals surface area contributed by atoms with Gasteiger partial charge in [0, 0.05) is 17.6 Å². The van der Waals surface area contributed by atoms with Gasteiger partial charge in [-0.1, -0.05) is 67.1 Å². The molecule has 2 atom stereocenters. The van der Waals surface area contributed by atoms with Crippen molar-refractivity contribution in [3.63, 3.8) is 0 Å². The zero-order chi connectivity index (χ0) is 27.9. The first-order valence-corrected chi connectivity index (χ1v) is 14.3. The molecule has 1 N–H and O–H groups in total. The Kier molecular flexibility index (Phi) is 9.94. The minimum Gasteiger partial charge on any atom is -0.352 e. The molecule has 0 heterocycles. The predicted molar refractivity (Wildman–Crippen MR) is 152 cm³/mol. The van der Waals surface area contributed by atoms with Gasteiger partial charge < -0.3 is 10.2 Å². The van der Waals surface area contributed by atoms with E-state index >= 15 is 0 Å². The molecular formula is C29H34ClN3O4S. The molecule has 0 aliphatic rings. The maximum absolute atomic E-state index is 13.9. The van der Waals surface area contributed by atoms with E-state index in [1.165, 1.54) is 17.0 Å². The molecule has 202 valence electrons. The van der Waals surface area contributed by atoms with E-state index in [1.807, 2.05) is 44.2 Å². The molecule has 0 saturated heterocycles. The minimum atomic E-state index is -4.12. The predicted octanol–water partition coefficient (Wildman–Crippen LogP) is 5.18. The summed E-state index contributed by atoms with van der Waals surface area (Å²) >= 11 is 6.14. The number of nitrogens with zero attached hydrogens (tertiary/aromatic N) is 2. The zero-order valence-corrected chi connectivity index (χ0v) is 23.7. The summed E-state index contributed by atoms with van der Waals surface area (Å²) in [5.41, 5.74) is 1.76. The van der Waals surface area contributed by atoms with Gasteiger partial charge >= 0.3 is 0 Å². The highest BCUT2D eigenvalue weighted by Gasteiger charge is 2.33. The number of anilines is 1. The van der Waals surface area contributed by atoms with Crippen LogP contribution in [0.3, 0.4) is 0 Å². The van der Waals surface area contributed by atoms with E-state index in [0.717, 1.165) is 16.3 Å². The van der Waals surface area contributed by atoms with Crippen molar-refractivity contribution in [3.05, 3.63) is 95.0 Å². The first-order chi connectivity index (χ1) is 18.0. The number of benzene rings is 3. The lowest BCUT2D eigenvalue weighted by molar-refractivity contribution is -0.139. The molecule has 0 radical (unpaired) electrons. The Bertz CT molecular complexity index is 1350. The van der Waals surface area contributed by atoms with Gasteiger partial charge in [-0.15, -0.1) is 0 Å². The van der Waals surface area contributed by atoms with E-state index in [1.54, 1.807) is 50.2 Å². The Morgan fingerprint density at radius 1 is 0.947 bits per heavy atom. The topological polar surface area (TPSA) is 86.8 Å². The number of halogens is 1. The lowest BCUT2D eigenvalue weighted by atomic mass is 10.1. The van der Waals surface area contributed by atoms with Gasteiger partial charge in [-0.05, 0) is 68.7 Å². The maximum atomic E-state index is 13.9. The van der Waals surface area contributed by atoms with Crippen LogP contribution in [0, 0.1) is 6.92 Å². The van der Waals surface area contributed by atoms with Gasteiger partial charge in [0.05, 0.1) is 10.6 Å². The Balaban J connectivity index is 2.03. The number of nitrogens with one attached hydrogen (secondary N) is 1. The largest absolute Gasteiger partial charge is 0.352 e. The van der Waals surface area contributed by atoms with Crippen molar-refractivity contribution >= 4 is 39.1 Å². The van der Waals surface area contributed by atoms with Crippen LogP contribution in [-0.4, -0.2) is 43.8 Å². The molecule has 7 nitrogen and oxygen atoms in total. The first kappa shape index (κ1) is 29.2. The van der Waals surface area contributed by atoms with Crippen LogP contribution < -0.4 is 9.62 Å². The fraction of sp³-hybridized carbons (Fsp3) is 0.310. The van der Waals surface area contributed by atoms with Crippen LogP contribution >= 0.6 is 11.6 Å². The Labute approximate surface area is 230 Å². The zero-order valence-electron chi connectivity index (χ0n) is 22.1. The standard InChI is InChI=1S/C29H34ClN3O4S/c1-5-22(3)31-29(35)23(4)32(19-24-12-8-6-9-13-24)28(34)20-33(27-17-16-25(30)18-21(27)2)38(36,37)26-14-10-7-11-15-26/h6-18,22-23H,5,19-20H2,1-4H3,(H,31,35)/t22-,23+/m1/s1. The molecule has 9 heteroatoms. The highest BCUT2D eigenvalue weighted by atomic mass is 35.5. The lowest BCUT2D eigenvalue weighted by Crippen LogP contribution is -2.52. The number of amides is 2. The summed E-state index contributed by atoms with van der Waals surface area (Å²) in [5, 5.41) is 3.38. The summed E-state index contributed by atoms with van der Waals surface area (Å²) < 4.78 is 28.7. The van der Waals surface area contributed by atoms with Gasteiger partial charge in [0.25, 0.3) is 10.0 Å². The summed E-state index contributed by atoms with van der Waals surface area (Å²) in [6.45, 7) is 6.90. The molecular weight excluding hydrogens is 522 g/mol. The molecule has 0 spiro atoms. The van der Waals surface area contributed by atoms with E-state index in [-0.39, 0.29) is 23.4 Å². The number of aryl methyl sites for hydroxylation is 1. The SMILES string of the molecule is CC[C@@H](C)NC(=O)[C@H](C)N(Cc1ccccc1)C(=O)CN(c1ccc(Cl)cc1C)S(=O)(=O)c1ccccc1. The first-order valence-electron chi connectivity index (χ1n) is 12.5. The van der Waals surface area contributed by atoms with E-state index in [9.17, 15) is 18.0 Å². The van der Waals surface area contributed by atoms with Crippen molar-refractivity contribution in [1.29, 1.82) is 0 Å². The smallest absolute Gasteiger partial charge is 0.264 e. The maximum Gasteiger partial charge on any atom is 0.264 e. The second-order valence-corrected chi connectivity index (χ2v) is 11.6. The molecule has 2 amide bonds. The Morgan fingerprint density at radius 2 is 1.55 bits per heavy atom. The number of sulfonamides is 1. The molecule has 3 rings (SSSR count). The molecule has 0 aliphatic heterocycles. The summed E-state index contributed by atoms with van der Waals surface area (Å²) in [6.07, 6.45) is 0.740. The van der Waals surface area contributed by atoms with E-state index in [4.69, 9.17) is 11.6 Å². The van der Waals surface area contributed by atoms with Crippen molar-refractivity contribution < 1.29 is 18.0 Å². The van der Waals surface area contributed by atoms with Gasteiger partial charge in [0.2, 0.25) is 11.8 Å². The number of carbonyl (C=O) groups excluding carboxylic acids is 2. The summed E-state index contributed by atoms with van der Waals surface area (Å²) in [5.74, 6) is -0.807. The van der Waals surface area contributed by atoms with Crippen LogP contribution in [0.4, 0.5) is 5.69 Å². The fourth-order valence-electron chi connectivity index (χ4n) is 3.96. The quantitative estimate of drug-likeness (QED) is 0.353. The normalized spacial score (nSPS) is 12.9. The van der Waals surface area contributed by atoms with E-state index < -0.39 is 28.5 Å². The fourth-order valence-corrected chi connectivity index (χ4v) is 5.69. The van der Waals surface area contributed by atoms with Crippen molar-refractivity contribution in [2.45, 2.75) is 57.6 Å². The molecule has 0 aliphatic carbocycles. The minimum absolute atomic E-state index is 0.0549. The van der Waals surface area contributed by atoms with Crippen LogP contribution in [0.2, 0.25) is 5.02 Å². The Hall–Kier alpha value is -3.36. The van der Waals surface area contributed by atoms with Crippen LogP contribution in [0.15, 0.2) is 83.8 Å². The van der Waals surface area contributed by atoms with Crippen LogP contribution in [-0.2, 0) is 26.2 Å².